The van der Waals surface area contributed by atoms with Crippen molar-refractivity contribution in [3.63, 3.8) is 0 Å². The van der Waals surface area contributed by atoms with Gasteiger partial charge in [-0.1, -0.05) is 152 Å². The lowest BCUT2D eigenvalue weighted by molar-refractivity contribution is 0.793. The molecule has 1 aromatic heterocycles. The molecule has 0 atom stereocenters. The number of nitrogens with zero attached hydrogens (tertiary/aromatic N) is 2. The van der Waals surface area contributed by atoms with Gasteiger partial charge in [0.25, 0.3) is 0 Å². The Balaban J connectivity index is 1.15. The number of para-hydroxylation sites is 2. The van der Waals surface area contributed by atoms with Crippen molar-refractivity contribution in [2.45, 2.75) is 5.41 Å². The fourth-order valence-electron chi connectivity index (χ4n) is 10.0. The smallest absolute Gasteiger partial charge is 0.0726 e. The first-order chi connectivity index (χ1) is 27.3. The molecule has 0 bridgehead atoms. The molecule has 10 aromatic rings. The molecule has 1 spiro atoms. The summed E-state index contributed by atoms with van der Waals surface area (Å²) < 4.78 is 2.39. The van der Waals surface area contributed by atoms with E-state index in [4.69, 9.17) is 0 Å². The monoisotopic (exact) mass is 698 g/mol. The Hall–Kier alpha value is -7.16. The highest BCUT2D eigenvalue weighted by molar-refractivity contribution is 6.11. The number of hydrogen-bond donors (Lipinski definition) is 0. The van der Waals surface area contributed by atoms with Gasteiger partial charge in [0.05, 0.1) is 22.1 Å². The molecule has 12 rings (SSSR count). The molecule has 2 aliphatic carbocycles. The topological polar surface area (TPSA) is 8.17 Å². The van der Waals surface area contributed by atoms with E-state index in [0.29, 0.717) is 0 Å². The zero-order valence-corrected chi connectivity index (χ0v) is 30.0. The molecule has 0 saturated carbocycles. The Morgan fingerprint density at radius 3 is 1.60 bits per heavy atom. The van der Waals surface area contributed by atoms with Crippen molar-refractivity contribution >= 4 is 49.6 Å². The third-order valence-electron chi connectivity index (χ3n) is 12.2. The molecule has 0 saturated heterocycles. The molecule has 55 heavy (non-hydrogen) atoms. The summed E-state index contributed by atoms with van der Waals surface area (Å²) in [6, 6.07) is 76.3. The molecule has 2 aliphatic rings. The van der Waals surface area contributed by atoms with Gasteiger partial charge in [0.2, 0.25) is 0 Å². The summed E-state index contributed by atoms with van der Waals surface area (Å²) in [5.41, 5.74) is 17.2. The van der Waals surface area contributed by atoms with E-state index in [0.717, 1.165) is 22.7 Å². The van der Waals surface area contributed by atoms with Crippen LogP contribution >= 0.6 is 0 Å². The van der Waals surface area contributed by atoms with Gasteiger partial charge < -0.3 is 9.47 Å². The predicted molar refractivity (Wildman–Crippen MR) is 229 cm³/mol. The zero-order chi connectivity index (χ0) is 36.1. The highest BCUT2D eigenvalue weighted by atomic mass is 15.1. The van der Waals surface area contributed by atoms with Gasteiger partial charge in [0.1, 0.15) is 0 Å². The standard InChI is InChI=1S/C53H34N2/c1-2-17-36(18-3-1)55-51-27-13-9-23-44(51)45-33-37(30-32-52(45)55)54(50-28-14-16-35-15-4-5-19-39(35)50)38-29-31-43-42-22-8-12-26-48(42)53(49(43)34-38)46-24-10-6-20-40(46)41-21-7-11-25-47(41)53/h1-34H. The molecule has 0 N–H and O–H groups in total. The predicted octanol–water partition coefficient (Wildman–Crippen LogP) is 13.8. The number of aromatic nitrogens is 1. The van der Waals surface area contributed by atoms with Crippen LogP contribution < -0.4 is 4.90 Å². The van der Waals surface area contributed by atoms with Gasteiger partial charge in [-0.3, -0.25) is 0 Å². The number of hydrogen-bond acceptors (Lipinski definition) is 1. The van der Waals surface area contributed by atoms with Crippen LogP contribution in [0.25, 0.3) is 60.5 Å². The lowest BCUT2D eigenvalue weighted by atomic mass is 9.70. The summed E-state index contributed by atoms with van der Waals surface area (Å²) in [4.78, 5) is 2.49. The maximum absolute atomic E-state index is 2.49. The molecule has 1 heterocycles. The van der Waals surface area contributed by atoms with E-state index in [1.54, 1.807) is 0 Å². The minimum Gasteiger partial charge on any atom is -0.310 e. The lowest BCUT2D eigenvalue weighted by Crippen LogP contribution is -2.26. The molecule has 0 radical (unpaired) electrons. The number of fused-ring (bicyclic) bond motifs is 14. The van der Waals surface area contributed by atoms with Crippen LogP contribution in [-0.4, -0.2) is 4.57 Å². The van der Waals surface area contributed by atoms with E-state index >= 15 is 0 Å². The fraction of sp³-hybridized carbons (Fsp3) is 0.0189. The molecule has 0 aliphatic heterocycles. The fourth-order valence-corrected chi connectivity index (χ4v) is 10.0. The summed E-state index contributed by atoms with van der Waals surface area (Å²) in [6.45, 7) is 0. The van der Waals surface area contributed by atoms with Crippen LogP contribution in [0.15, 0.2) is 206 Å². The van der Waals surface area contributed by atoms with Crippen molar-refractivity contribution in [1.82, 2.24) is 4.57 Å². The van der Waals surface area contributed by atoms with E-state index < -0.39 is 5.41 Å². The summed E-state index contributed by atoms with van der Waals surface area (Å²) >= 11 is 0. The third-order valence-corrected chi connectivity index (χ3v) is 12.2. The largest absolute Gasteiger partial charge is 0.310 e. The third kappa shape index (κ3) is 4.08. The Morgan fingerprint density at radius 1 is 0.345 bits per heavy atom. The van der Waals surface area contributed by atoms with E-state index in [2.05, 4.69) is 216 Å². The maximum Gasteiger partial charge on any atom is 0.0726 e. The summed E-state index contributed by atoms with van der Waals surface area (Å²) in [7, 11) is 0. The highest BCUT2D eigenvalue weighted by Gasteiger charge is 2.51. The highest BCUT2D eigenvalue weighted by Crippen LogP contribution is 2.63. The van der Waals surface area contributed by atoms with Gasteiger partial charge in [-0.25, -0.2) is 0 Å². The first-order valence-electron chi connectivity index (χ1n) is 19.1. The van der Waals surface area contributed by atoms with E-state index in [1.807, 2.05) is 0 Å². The molecule has 0 amide bonds. The van der Waals surface area contributed by atoms with E-state index in [-0.39, 0.29) is 0 Å². The van der Waals surface area contributed by atoms with Crippen LogP contribution in [-0.2, 0) is 5.41 Å². The van der Waals surface area contributed by atoms with Crippen molar-refractivity contribution in [2.75, 3.05) is 4.90 Å². The second-order valence-electron chi connectivity index (χ2n) is 14.8. The van der Waals surface area contributed by atoms with Crippen LogP contribution in [0.1, 0.15) is 22.3 Å². The second-order valence-corrected chi connectivity index (χ2v) is 14.8. The summed E-state index contributed by atoms with van der Waals surface area (Å²) in [5.74, 6) is 0. The number of anilines is 3. The van der Waals surface area contributed by atoms with Crippen molar-refractivity contribution in [3.05, 3.63) is 229 Å². The summed E-state index contributed by atoms with van der Waals surface area (Å²) in [6.07, 6.45) is 0. The Kier molecular flexibility index (Phi) is 6.29. The van der Waals surface area contributed by atoms with Crippen molar-refractivity contribution in [3.8, 4) is 27.9 Å². The first-order valence-corrected chi connectivity index (χ1v) is 19.1. The number of benzene rings is 9. The van der Waals surface area contributed by atoms with Gasteiger partial charge in [-0.05, 0) is 104 Å². The zero-order valence-electron chi connectivity index (χ0n) is 30.0. The van der Waals surface area contributed by atoms with Gasteiger partial charge >= 0.3 is 0 Å². The molecule has 2 nitrogen and oxygen atoms in total. The second kappa shape index (κ2) is 11.4. The lowest BCUT2D eigenvalue weighted by Gasteiger charge is -2.32. The van der Waals surface area contributed by atoms with Gasteiger partial charge in [-0.15, -0.1) is 0 Å². The molecule has 0 unspecified atom stereocenters. The van der Waals surface area contributed by atoms with E-state index in [9.17, 15) is 0 Å². The minimum atomic E-state index is -0.424. The maximum atomic E-state index is 2.49. The normalized spacial score (nSPS) is 13.2. The van der Waals surface area contributed by atoms with Crippen LogP contribution in [0.5, 0.6) is 0 Å². The van der Waals surface area contributed by atoms with Crippen molar-refractivity contribution in [2.24, 2.45) is 0 Å². The minimum absolute atomic E-state index is 0.424. The molecule has 0 fully saturated rings. The van der Waals surface area contributed by atoms with Crippen molar-refractivity contribution < 1.29 is 0 Å². The average Bonchev–Trinajstić information content (AvgIpc) is 3.86. The molecule has 256 valence electrons. The van der Waals surface area contributed by atoms with E-state index in [1.165, 1.54) is 77.1 Å². The molecule has 9 aromatic carbocycles. The van der Waals surface area contributed by atoms with Gasteiger partial charge in [0.15, 0.2) is 0 Å². The van der Waals surface area contributed by atoms with Crippen LogP contribution in [0.4, 0.5) is 17.1 Å². The Morgan fingerprint density at radius 2 is 0.873 bits per heavy atom. The molecule has 2 heteroatoms. The van der Waals surface area contributed by atoms with Crippen molar-refractivity contribution in [1.29, 1.82) is 0 Å². The summed E-state index contributed by atoms with van der Waals surface area (Å²) in [5, 5.41) is 4.90. The van der Waals surface area contributed by atoms with Crippen LogP contribution in [0.3, 0.4) is 0 Å². The Labute approximate surface area is 319 Å². The molecular formula is C53H34N2. The van der Waals surface area contributed by atoms with Gasteiger partial charge in [0, 0.05) is 33.2 Å². The number of rotatable bonds is 4. The van der Waals surface area contributed by atoms with Crippen LogP contribution in [0, 0.1) is 0 Å². The van der Waals surface area contributed by atoms with Gasteiger partial charge in [-0.2, -0.15) is 0 Å². The molecular weight excluding hydrogens is 665 g/mol. The van der Waals surface area contributed by atoms with Crippen LogP contribution in [0.2, 0.25) is 0 Å². The quantitative estimate of drug-likeness (QED) is 0.178. The first kappa shape index (κ1) is 30.3. The SMILES string of the molecule is c1ccc(-n2c3ccccc3c3cc(N(c4ccc5c(c4)C4(c6ccccc6-c6ccccc64)c4ccccc4-5)c4cccc5ccccc45)ccc32)cc1. The average molecular weight is 699 g/mol. The Bertz CT molecular complexity index is 3100.